The van der Waals surface area contributed by atoms with Gasteiger partial charge in [0, 0.05) is 35.8 Å². The summed E-state index contributed by atoms with van der Waals surface area (Å²) in [5.41, 5.74) is 4.57. The molecule has 0 saturated heterocycles. The first-order chi connectivity index (χ1) is 7.20. The lowest BCUT2D eigenvalue weighted by molar-refractivity contribution is 0.660. The molecule has 2 rings (SSSR count). The van der Waals surface area contributed by atoms with Crippen LogP contribution in [0.15, 0.2) is 24.7 Å². The summed E-state index contributed by atoms with van der Waals surface area (Å²) in [6, 6.07) is 2.15. The van der Waals surface area contributed by atoms with Crippen LogP contribution in [0.4, 0.5) is 0 Å². The third kappa shape index (κ3) is 1.91. The molecule has 0 N–H and O–H groups in total. The lowest BCUT2D eigenvalue weighted by atomic mass is 10.1. The van der Waals surface area contributed by atoms with Crippen molar-refractivity contribution >= 4 is 0 Å². The van der Waals surface area contributed by atoms with Crippen LogP contribution in [-0.2, 0) is 6.54 Å². The number of nitrogens with zero attached hydrogens (tertiary/aromatic N) is 3. The molecule has 2 aromatic heterocycles. The van der Waals surface area contributed by atoms with Crippen LogP contribution in [0.5, 0.6) is 0 Å². The summed E-state index contributed by atoms with van der Waals surface area (Å²) in [6.07, 6.45) is 5.83. The smallest absolute Gasteiger partial charge is 0.0568 e. The largest absolute Gasteiger partial charge is 0.272 e. The molecule has 0 aliphatic heterocycles. The van der Waals surface area contributed by atoms with Crippen LogP contribution in [0, 0.1) is 13.8 Å². The Morgan fingerprint density at radius 2 is 2.00 bits per heavy atom. The van der Waals surface area contributed by atoms with Gasteiger partial charge >= 0.3 is 0 Å². The van der Waals surface area contributed by atoms with Crippen molar-refractivity contribution in [2.75, 3.05) is 0 Å². The van der Waals surface area contributed by atoms with E-state index in [9.17, 15) is 0 Å². The molecule has 0 radical (unpaired) electrons. The predicted molar refractivity (Wildman–Crippen MR) is 60.6 cm³/mol. The Kier molecular flexibility index (Phi) is 2.54. The van der Waals surface area contributed by atoms with Gasteiger partial charge in [-0.25, -0.2) is 0 Å². The molecule has 0 atom stereocenters. The van der Waals surface area contributed by atoms with Crippen molar-refractivity contribution in [3.05, 3.63) is 35.9 Å². The molecule has 3 heteroatoms. The first kappa shape index (κ1) is 9.90. The number of pyridine rings is 1. The van der Waals surface area contributed by atoms with Gasteiger partial charge in [-0.15, -0.1) is 0 Å². The summed E-state index contributed by atoms with van der Waals surface area (Å²) in [4.78, 5) is 4.35. The van der Waals surface area contributed by atoms with Gasteiger partial charge in [-0.1, -0.05) is 0 Å². The van der Waals surface area contributed by atoms with Gasteiger partial charge in [-0.2, -0.15) is 5.10 Å². The highest BCUT2D eigenvalue weighted by molar-refractivity contribution is 5.61. The molecule has 2 aromatic rings. The topological polar surface area (TPSA) is 30.7 Å². The van der Waals surface area contributed by atoms with Gasteiger partial charge in [0.05, 0.1) is 6.20 Å². The van der Waals surface area contributed by atoms with Crippen LogP contribution >= 0.6 is 0 Å². The molecular weight excluding hydrogens is 186 g/mol. The van der Waals surface area contributed by atoms with Gasteiger partial charge in [-0.05, 0) is 32.4 Å². The fourth-order valence-electron chi connectivity index (χ4n) is 1.49. The Hall–Kier alpha value is -1.64. The van der Waals surface area contributed by atoms with Crippen molar-refractivity contribution in [2.24, 2.45) is 0 Å². The first-order valence-electron chi connectivity index (χ1n) is 5.16. The zero-order chi connectivity index (χ0) is 10.8. The standard InChI is InChI=1S/C12H15N3/c1-4-15-8-12(7-14-15)11-5-9(2)10(3)13-6-11/h5-8H,4H2,1-3H3. The lowest BCUT2D eigenvalue weighted by Crippen LogP contribution is -1.92. The van der Waals surface area contributed by atoms with Crippen molar-refractivity contribution in [1.82, 2.24) is 14.8 Å². The maximum atomic E-state index is 4.35. The van der Waals surface area contributed by atoms with E-state index in [1.165, 1.54) is 5.56 Å². The lowest BCUT2D eigenvalue weighted by Gasteiger charge is -2.01. The minimum Gasteiger partial charge on any atom is -0.272 e. The van der Waals surface area contributed by atoms with Gasteiger partial charge in [0.15, 0.2) is 0 Å². The molecular formula is C12H15N3. The summed E-state index contributed by atoms with van der Waals surface area (Å²) in [6.45, 7) is 7.08. The molecule has 0 aliphatic rings. The van der Waals surface area contributed by atoms with Crippen LogP contribution in [0.1, 0.15) is 18.2 Å². The zero-order valence-corrected chi connectivity index (χ0v) is 9.36. The molecule has 2 heterocycles. The van der Waals surface area contributed by atoms with E-state index in [1.807, 2.05) is 30.2 Å². The molecule has 78 valence electrons. The van der Waals surface area contributed by atoms with Gasteiger partial charge in [-0.3, -0.25) is 9.67 Å². The second-order valence-electron chi connectivity index (χ2n) is 3.71. The Balaban J connectivity index is 2.40. The minimum atomic E-state index is 0.901. The number of rotatable bonds is 2. The van der Waals surface area contributed by atoms with Crippen molar-refractivity contribution in [1.29, 1.82) is 0 Å². The summed E-state index contributed by atoms with van der Waals surface area (Å²) in [5.74, 6) is 0. The number of hydrogen-bond acceptors (Lipinski definition) is 2. The fraction of sp³-hybridized carbons (Fsp3) is 0.333. The number of aryl methyl sites for hydroxylation is 3. The number of hydrogen-bond donors (Lipinski definition) is 0. The van der Waals surface area contributed by atoms with Gasteiger partial charge in [0.2, 0.25) is 0 Å². The molecule has 0 aromatic carbocycles. The van der Waals surface area contributed by atoms with Crippen molar-refractivity contribution in [3.8, 4) is 11.1 Å². The van der Waals surface area contributed by atoms with E-state index in [2.05, 4.69) is 30.0 Å². The molecule has 0 aliphatic carbocycles. The van der Waals surface area contributed by atoms with Crippen LogP contribution in [0.3, 0.4) is 0 Å². The zero-order valence-electron chi connectivity index (χ0n) is 9.36. The van der Waals surface area contributed by atoms with E-state index in [0.29, 0.717) is 0 Å². The van der Waals surface area contributed by atoms with E-state index in [4.69, 9.17) is 0 Å². The molecule has 0 spiro atoms. The molecule has 0 amide bonds. The maximum absolute atomic E-state index is 4.35. The van der Waals surface area contributed by atoms with Gasteiger partial charge in [0.25, 0.3) is 0 Å². The van der Waals surface area contributed by atoms with Crippen molar-refractivity contribution in [2.45, 2.75) is 27.3 Å². The fourth-order valence-corrected chi connectivity index (χ4v) is 1.49. The van der Waals surface area contributed by atoms with E-state index in [1.54, 1.807) is 0 Å². The summed E-state index contributed by atoms with van der Waals surface area (Å²) in [5, 5.41) is 4.25. The average molecular weight is 201 g/mol. The Labute approximate surface area is 89.8 Å². The molecule has 0 saturated carbocycles. The predicted octanol–water partition coefficient (Wildman–Crippen LogP) is 2.58. The number of aromatic nitrogens is 3. The third-order valence-electron chi connectivity index (χ3n) is 2.63. The van der Waals surface area contributed by atoms with Crippen LogP contribution < -0.4 is 0 Å². The molecule has 0 bridgehead atoms. The minimum absolute atomic E-state index is 0.901. The highest BCUT2D eigenvalue weighted by Crippen LogP contribution is 2.19. The van der Waals surface area contributed by atoms with E-state index < -0.39 is 0 Å². The monoisotopic (exact) mass is 201 g/mol. The van der Waals surface area contributed by atoms with Crippen molar-refractivity contribution < 1.29 is 0 Å². The summed E-state index contributed by atoms with van der Waals surface area (Å²) in [7, 11) is 0. The summed E-state index contributed by atoms with van der Waals surface area (Å²) >= 11 is 0. The molecule has 3 nitrogen and oxygen atoms in total. The Bertz CT molecular complexity index is 471. The Morgan fingerprint density at radius 3 is 2.60 bits per heavy atom. The van der Waals surface area contributed by atoms with Gasteiger partial charge in [0.1, 0.15) is 0 Å². The van der Waals surface area contributed by atoms with Crippen LogP contribution in [0.2, 0.25) is 0 Å². The highest BCUT2D eigenvalue weighted by atomic mass is 15.3. The van der Waals surface area contributed by atoms with Crippen LogP contribution in [-0.4, -0.2) is 14.8 Å². The van der Waals surface area contributed by atoms with Gasteiger partial charge < -0.3 is 0 Å². The molecule has 15 heavy (non-hydrogen) atoms. The summed E-state index contributed by atoms with van der Waals surface area (Å²) < 4.78 is 1.92. The second kappa shape index (κ2) is 3.85. The third-order valence-corrected chi connectivity index (χ3v) is 2.63. The highest BCUT2D eigenvalue weighted by Gasteiger charge is 2.03. The van der Waals surface area contributed by atoms with E-state index >= 15 is 0 Å². The molecule has 0 fully saturated rings. The van der Waals surface area contributed by atoms with E-state index in [0.717, 1.165) is 23.4 Å². The second-order valence-corrected chi connectivity index (χ2v) is 3.71. The normalized spacial score (nSPS) is 10.6. The Morgan fingerprint density at radius 1 is 1.20 bits per heavy atom. The average Bonchev–Trinajstić information content (AvgIpc) is 2.70. The quantitative estimate of drug-likeness (QED) is 0.747. The van der Waals surface area contributed by atoms with Crippen molar-refractivity contribution in [3.63, 3.8) is 0 Å². The van der Waals surface area contributed by atoms with Crippen LogP contribution in [0.25, 0.3) is 11.1 Å². The van der Waals surface area contributed by atoms with E-state index in [-0.39, 0.29) is 0 Å². The SMILES string of the molecule is CCn1cc(-c2cnc(C)c(C)c2)cn1. The first-order valence-corrected chi connectivity index (χ1v) is 5.16. The maximum Gasteiger partial charge on any atom is 0.0568 e. The molecule has 0 unspecified atom stereocenters.